The number of carbonyl (C=O) groups excluding carboxylic acids is 1. The number of rotatable bonds is 2. The fourth-order valence-electron chi connectivity index (χ4n) is 1.69. The molecule has 1 aromatic carbocycles. The molecule has 0 aliphatic carbocycles. The maximum absolute atomic E-state index is 11.2. The van der Waals surface area contributed by atoms with E-state index in [-0.39, 0.29) is 11.2 Å². The van der Waals surface area contributed by atoms with E-state index < -0.39 is 5.72 Å². The first-order valence-electron chi connectivity index (χ1n) is 5.78. The standard InChI is InChI=1S/C13H16N2O2S/c1-9-13(3,14-10(2)16)17-15-12(18-9)11-7-5-4-6-8-11/h4-9H,1-3H3,(H,14,16). The van der Waals surface area contributed by atoms with Crippen LogP contribution in [0.3, 0.4) is 0 Å². The van der Waals surface area contributed by atoms with Crippen molar-refractivity contribution in [2.75, 3.05) is 0 Å². The van der Waals surface area contributed by atoms with Crippen LogP contribution in [0.5, 0.6) is 0 Å². The lowest BCUT2D eigenvalue weighted by Crippen LogP contribution is -2.54. The summed E-state index contributed by atoms with van der Waals surface area (Å²) in [6, 6.07) is 9.87. The normalized spacial score (nSPS) is 27.1. The van der Waals surface area contributed by atoms with E-state index >= 15 is 0 Å². The zero-order valence-corrected chi connectivity index (χ0v) is 11.5. The van der Waals surface area contributed by atoms with Gasteiger partial charge in [0.1, 0.15) is 5.04 Å². The van der Waals surface area contributed by atoms with E-state index in [1.165, 1.54) is 6.92 Å². The summed E-state index contributed by atoms with van der Waals surface area (Å²) in [5.74, 6) is -0.122. The first-order chi connectivity index (χ1) is 8.51. The van der Waals surface area contributed by atoms with Crippen LogP contribution in [-0.4, -0.2) is 21.9 Å². The fourth-order valence-corrected chi connectivity index (χ4v) is 2.70. The number of nitrogens with one attached hydrogen (secondary N) is 1. The molecule has 96 valence electrons. The molecule has 4 nitrogen and oxygen atoms in total. The van der Waals surface area contributed by atoms with Gasteiger partial charge in [-0.3, -0.25) is 4.79 Å². The summed E-state index contributed by atoms with van der Waals surface area (Å²) in [5, 5.41) is 7.83. The second kappa shape index (κ2) is 5.02. The van der Waals surface area contributed by atoms with Crippen molar-refractivity contribution in [3.8, 4) is 0 Å². The Morgan fingerprint density at radius 1 is 1.44 bits per heavy atom. The molecule has 0 saturated heterocycles. The Hall–Kier alpha value is -1.49. The third-order valence-corrected chi connectivity index (χ3v) is 4.16. The van der Waals surface area contributed by atoms with Crippen LogP contribution in [0.25, 0.3) is 0 Å². The van der Waals surface area contributed by atoms with Gasteiger partial charge in [0, 0.05) is 12.5 Å². The molecule has 1 heterocycles. The van der Waals surface area contributed by atoms with Gasteiger partial charge in [0.05, 0.1) is 5.25 Å². The van der Waals surface area contributed by atoms with Crippen LogP contribution in [0, 0.1) is 0 Å². The van der Waals surface area contributed by atoms with E-state index in [4.69, 9.17) is 4.84 Å². The van der Waals surface area contributed by atoms with Crippen LogP contribution >= 0.6 is 11.8 Å². The molecule has 0 aromatic heterocycles. The molecule has 18 heavy (non-hydrogen) atoms. The van der Waals surface area contributed by atoms with Gasteiger partial charge < -0.3 is 10.2 Å². The molecule has 1 N–H and O–H groups in total. The minimum absolute atomic E-state index is 0.0779. The SMILES string of the molecule is CC(=O)NC1(C)ON=C(c2ccccc2)SC1C. The molecule has 1 aliphatic rings. The Kier molecular flexibility index (Phi) is 3.61. The van der Waals surface area contributed by atoms with Crippen LogP contribution in [0.2, 0.25) is 0 Å². The van der Waals surface area contributed by atoms with Crippen LogP contribution in [0.4, 0.5) is 0 Å². The third-order valence-electron chi connectivity index (χ3n) is 2.83. The van der Waals surface area contributed by atoms with Gasteiger partial charge in [0.2, 0.25) is 11.6 Å². The number of benzene rings is 1. The smallest absolute Gasteiger partial charge is 0.219 e. The zero-order valence-electron chi connectivity index (χ0n) is 10.6. The van der Waals surface area contributed by atoms with Crippen molar-refractivity contribution in [2.45, 2.75) is 31.7 Å². The first-order valence-corrected chi connectivity index (χ1v) is 6.66. The van der Waals surface area contributed by atoms with Crippen LogP contribution in [0.15, 0.2) is 35.5 Å². The van der Waals surface area contributed by atoms with Gasteiger partial charge >= 0.3 is 0 Å². The van der Waals surface area contributed by atoms with Crippen molar-refractivity contribution in [1.29, 1.82) is 0 Å². The van der Waals surface area contributed by atoms with E-state index in [9.17, 15) is 4.79 Å². The van der Waals surface area contributed by atoms with E-state index in [1.807, 2.05) is 44.2 Å². The number of nitrogens with zero attached hydrogens (tertiary/aromatic N) is 1. The molecule has 0 radical (unpaired) electrons. The van der Waals surface area contributed by atoms with Crippen molar-refractivity contribution in [2.24, 2.45) is 5.16 Å². The van der Waals surface area contributed by atoms with Crippen molar-refractivity contribution < 1.29 is 9.63 Å². The van der Waals surface area contributed by atoms with Crippen LogP contribution in [0.1, 0.15) is 26.3 Å². The zero-order chi connectivity index (χ0) is 13.2. The summed E-state index contributed by atoms with van der Waals surface area (Å²) >= 11 is 1.60. The van der Waals surface area contributed by atoms with Gasteiger partial charge in [-0.05, 0) is 13.8 Å². The Morgan fingerprint density at radius 2 is 2.11 bits per heavy atom. The predicted molar refractivity (Wildman–Crippen MR) is 73.3 cm³/mol. The number of hydrogen-bond donors (Lipinski definition) is 1. The number of thioether (sulfide) groups is 1. The molecule has 0 fully saturated rings. The monoisotopic (exact) mass is 264 g/mol. The molecule has 2 atom stereocenters. The maximum Gasteiger partial charge on any atom is 0.219 e. The van der Waals surface area contributed by atoms with E-state index in [0.29, 0.717) is 0 Å². The second-order valence-electron chi connectivity index (χ2n) is 4.40. The molecule has 2 unspecified atom stereocenters. The molecule has 1 amide bonds. The summed E-state index contributed by atoms with van der Waals surface area (Å²) in [7, 11) is 0. The highest BCUT2D eigenvalue weighted by atomic mass is 32.2. The molecular weight excluding hydrogens is 248 g/mol. The Labute approximate surface area is 111 Å². The van der Waals surface area contributed by atoms with E-state index in [2.05, 4.69) is 10.5 Å². The van der Waals surface area contributed by atoms with Crippen molar-refractivity contribution in [3.05, 3.63) is 35.9 Å². The predicted octanol–water partition coefficient (Wildman–Crippen LogP) is 2.35. The minimum atomic E-state index is -0.755. The van der Waals surface area contributed by atoms with Gasteiger partial charge in [0.15, 0.2) is 0 Å². The Balaban J connectivity index is 2.19. The van der Waals surface area contributed by atoms with Crippen LogP contribution in [-0.2, 0) is 9.63 Å². The van der Waals surface area contributed by atoms with Gasteiger partial charge in [-0.1, -0.05) is 47.2 Å². The van der Waals surface area contributed by atoms with E-state index in [0.717, 1.165) is 10.6 Å². The molecule has 0 saturated carbocycles. The van der Waals surface area contributed by atoms with Gasteiger partial charge in [-0.2, -0.15) is 0 Å². The number of oxime groups is 1. The average molecular weight is 264 g/mol. The number of carbonyl (C=O) groups is 1. The average Bonchev–Trinajstić information content (AvgIpc) is 2.33. The van der Waals surface area contributed by atoms with Crippen molar-refractivity contribution in [1.82, 2.24) is 5.32 Å². The lowest BCUT2D eigenvalue weighted by atomic mass is 10.2. The lowest BCUT2D eigenvalue weighted by molar-refractivity contribution is -0.130. The molecule has 1 aromatic rings. The fraction of sp³-hybridized carbons (Fsp3) is 0.385. The quantitative estimate of drug-likeness (QED) is 0.892. The summed E-state index contributed by atoms with van der Waals surface area (Å²) in [6.45, 7) is 5.32. The Bertz CT molecular complexity index is 475. The summed E-state index contributed by atoms with van der Waals surface area (Å²) in [5.41, 5.74) is 0.272. The maximum atomic E-state index is 11.2. The summed E-state index contributed by atoms with van der Waals surface area (Å²) in [6.07, 6.45) is 0. The number of amides is 1. The highest BCUT2D eigenvalue weighted by molar-refractivity contribution is 8.15. The molecule has 0 bridgehead atoms. The van der Waals surface area contributed by atoms with Gasteiger partial charge in [-0.15, -0.1) is 0 Å². The third kappa shape index (κ3) is 2.67. The first kappa shape index (κ1) is 13.0. The van der Waals surface area contributed by atoms with Crippen LogP contribution < -0.4 is 5.32 Å². The van der Waals surface area contributed by atoms with E-state index in [1.54, 1.807) is 11.8 Å². The lowest BCUT2D eigenvalue weighted by Gasteiger charge is -2.36. The summed E-state index contributed by atoms with van der Waals surface area (Å²) < 4.78 is 0. The van der Waals surface area contributed by atoms with Gasteiger partial charge in [-0.25, -0.2) is 0 Å². The minimum Gasteiger partial charge on any atom is -0.365 e. The number of hydrogen-bond acceptors (Lipinski definition) is 4. The molecule has 1 aliphatic heterocycles. The molecule has 5 heteroatoms. The van der Waals surface area contributed by atoms with Gasteiger partial charge in [0.25, 0.3) is 0 Å². The summed E-state index contributed by atoms with van der Waals surface area (Å²) in [4.78, 5) is 16.7. The van der Waals surface area contributed by atoms with Crippen molar-refractivity contribution >= 4 is 22.7 Å². The highest BCUT2D eigenvalue weighted by Crippen LogP contribution is 2.32. The Morgan fingerprint density at radius 3 is 2.67 bits per heavy atom. The largest absolute Gasteiger partial charge is 0.365 e. The molecule has 2 rings (SSSR count). The second-order valence-corrected chi connectivity index (χ2v) is 5.73. The molecular formula is C13H16N2O2S. The molecule has 0 spiro atoms. The highest BCUT2D eigenvalue weighted by Gasteiger charge is 2.39. The van der Waals surface area contributed by atoms with Crippen molar-refractivity contribution in [3.63, 3.8) is 0 Å². The topological polar surface area (TPSA) is 50.7 Å².